The molecule has 0 radical (unpaired) electrons. The van der Waals surface area contributed by atoms with Gasteiger partial charge in [-0.1, -0.05) is 6.07 Å². The molecule has 1 saturated heterocycles. The van der Waals surface area contributed by atoms with E-state index in [0.717, 1.165) is 19.4 Å². The Labute approximate surface area is 161 Å². The molecule has 2 aromatic rings. The fraction of sp³-hybridized carbons (Fsp3) is 0.421. The monoisotopic (exact) mass is 389 g/mol. The third kappa shape index (κ3) is 4.84. The number of hydrogen-bond donors (Lipinski definition) is 1. The molecule has 0 spiro atoms. The van der Waals surface area contributed by atoms with E-state index >= 15 is 0 Å². The molecule has 7 nitrogen and oxygen atoms in total. The lowest BCUT2D eigenvalue weighted by Crippen LogP contribution is -2.38. The van der Waals surface area contributed by atoms with Crippen molar-refractivity contribution in [2.24, 2.45) is 4.99 Å². The molecule has 0 saturated carbocycles. The summed E-state index contributed by atoms with van der Waals surface area (Å²) in [6, 6.07) is 6.36. The van der Waals surface area contributed by atoms with Crippen molar-refractivity contribution in [2.75, 3.05) is 20.3 Å². The summed E-state index contributed by atoms with van der Waals surface area (Å²) in [7, 11) is 1.55. The van der Waals surface area contributed by atoms with Crippen LogP contribution in [0.3, 0.4) is 0 Å². The molecule has 2 heterocycles. The Hall–Kier alpha value is -2.45. The van der Waals surface area contributed by atoms with Crippen molar-refractivity contribution in [1.82, 2.24) is 9.88 Å². The topological polar surface area (TPSA) is 81.9 Å². The van der Waals surface area contributed by atoms with Crippen LogP contribution in [0.25, 0.3) is 0 Å². The van der Waals surface area contributed by atoms with Crippen LogP contribution in [0, 0.1) is 0 Å². The lowest BCUT2D eigenvalue weighted by Gasteiger charge is -2.16. The molecule has 1 aliphatic rings. The highest BCUT2D eigenvalue weighted by atomic mass is 32.1. The smallest absolute Gasteiger partial charge is 0.279 e. The first-order valence-corrected chi connectivity index (χ1v) is 9.74. The summed E-state index contributed by atoms with van der Waals surface area (Å²) in [4.78, 5) is 29.6. The van der Waals surface area contributed by atoms with Crippen LogP contribution in [-0.4, -0.2) is 42.7 Å². The minimum absolute atomic E-state index is 0.0902. The zero-order chi connectivity index (χ0) is 19.2. The number of ether oxygens (including phenoxy) is 2. The molecule has 2 atom stereocenters. The van der Waals surface area contributed by atoms with Crippen molar-refractivity contribution in [3.05, 3.63) is 46.2 Å². The predicted octanol–water partition coefficient (Wildman–Crippen LogP) is 2.16. The number of carbonyl (C=O) groups excluding carboxylic acids is 2. The van der Waals surface area contributed by atoms with Crippen LogP contribution in [0.15, 0.2) is 40.8 Å². The standard InChI is InChI=1S/C19H23N3O4S/c1-13(17(23)20-12-16-7-4-9-26-16)22-8-10-27-19(22)21-18(24)14-5-3-6-15(11-14)25-2/h3,5-6,8,10-11,13,16H,4,7,9,12H2,1-2H3,(H,20,23)/t13-,16+/m1/s1. The van der Waals surface area contributed by atoms with Crippen molar-refractivity contribution >= 4 is 23.2 Å². The Morgan fingerprint density at radius 1 is 1.48 bits per heavy atom. The summed E-state index contributed by atoms with van der Waals surface area (Å²) in [6.45, 7) is 3.04. The lowest BCUT2D eigenvalue weighted by atomic mass is 10.2. The summed E-state index contributed by atoms with van der Waals surface area (Å²) in [6.07, 6.45) is 3.85. The second-order valence-corrected chi connectivity index (χ2v) is 7.17. The van der Waals surface area contributed by atoms with Crippen molar-refractivity contribution in [2.45, 2.75) is 31.9 Å². The average molecular weight is 389 g/mol. The van der Waals surface area contributed by atoms with Crippen LogP contribution in [0.4, 0.5) is 0 Å². The van der Waals surface area contributed by atoms with Crippen LogP contribution < -0.4 is 14.9 Å². The number of rotatable bonds is 6. The van der Waals surface area contributed by atoms with Crippen LogP contribution in [0.1, 0.15) is 36.2 Å². The van der Waals surface area contributed by atoms with Gasteiger partial charge < -0.3 is 19.4 Å². The van der Waals surface area contributed by atoms with Gasteiger partial charge in [0.25, 0.3) is 5.91 Å². The van der Waals surface area contributed by atoms with Crippen molar-refractivity contribution in [3.8, 4) is 5.75 Å². The molecule has 1 aliphatic heterocycles. The molecule has 27 heavy (non-hydrogen) atoms. The highest BCUT2D eigenvalue weighted by molar-refractivity contribution is 7.07. The SMILES string of the molecule is COc1cccc(C(=O)N=c2sccn2[C@H](C)C(=O)NC[C@@H]2CCCO2)c1. The molecule has 0 bridgehead atoms. The zero-order valence-corrected chi connectivity index (χ0v) is 16.2. The zero-order valence-electron chi connectivity index (χ0n) is 15.4. The Kier molecular flexibility index (Phi) is 6.41. The van der Waals surface area contributed by atoms with Gasteiger partial charge in [0.05, 0.1) is 13.2 Å². The molecule has 0 unspecified atom stereocenters. The molecule has 1 aromatic carbocycles. The first kappa shape index (κ1) is 19.3. The van der Waals surface area contributed by atoms with Gasteiger partial charge in [0.15, 0.2) is 4.80 Å². The average Bonchev–Trinajstić information content (AvgIpc) is 3.37. The van der Waals surface area contributed by atoms with E-state index in [2.05, 4.69) is 10.3 Å². The number of aromatic nitrogens is 1. The van der Waals surface area contributed by atoms with E-state index in [0.29, 0.717) is 22.7 Å². The van der Waals surface area contributed by atoms with E-state index in [1.54, 1.807) is 49.1 Å². The van der Waals surface area contributed by atoms with Crippen LogP contribution in [0.5, 0.6) is 5.75 Å². The normalized spacial score (nSPS) is 18.3. The Morgan fingerprint density at radius 3 is 3.07 bits per heavy atom. The number of carbonyl (C=O) groups is 2. The summed E-state index contributed by atoms with van der Waals surface area (Å²) in [5.74, 6) is 0.0910. The minimum Gasteiger partial charge on any atom is -0.497 e. The van der Waals surface area contributed by atoms with E-state index < -0.39 is 6.04 Å². The molecule has 144 valence electrons. The number of benzene rings is 1. The number of amides is 2. The van der Waals surface area contributed by atoms with E-state index in [4.69, 9.17) is 9.47 Å². The predicted molar refractivity (Wildman–Crippen MR) is 102 cm³/mol. The second kappa shape index (κ2) is 8.96. The first-order chi connectivity index (χ1) is 13.1. The third-order valence-corrected chi connectivity index (χ3v) is 5.23. The Balaban J connectivity index is 1.72. The maximum Gasteiger partial charge on any atom is 0.279 e. The van der Waals surface area contributed by atoms with Gasteiger partial charge in [-0.25, -0.2) is 0 Å². The molecule has 1 N–H and O–H groups in total. The van der Waals surface area contributed by atoms with Gasteiger partial charge in [-0.05, 0) is 38.0 Å². The fourth-order valence-electron chi connectivity index (χ4n) is 2.86. The largest absolute Gasteiger partial charge is 0.497 e. The number of thiazole rings is 1. The van der Waals surface area contributed by atoms with E-state index in [-0.39, 0.29) is 17.9 Å². The maximum atomic E-state index is 12.5. The molecule has 3 rings (SSSR count). The summed E-state index contributed by atoms with van der Waals surface area (Å²) >= 11 is 1.31. The highest BCUT2D eigenvalue weighted by Crippen LogP contribution is 2.14. The van der Waals surface area contributed by atoms with Gasteiger partial charge in [-0.2, -0.15) is 4.99 Å². The second-order valence-electron chi connectivity index (χ2n) is 6.30. The van der Waals surface area contributed by atoms with Gasteiger partial charge in [-0.3, -0.25) is 9.59 Å². The molecule has 2 amide bonds. The summed E-state index contributed by atoms with van der Waals surface area (Å²) in [5, 5.41) is 4.72. The first-order valence-electron chi connectivity index (χ1n) is 8.86. The molecule has 1 fully saturated rings. The van der Waals surface area contributed by atoms with Crippen LogP contribution in [0.2, 0.25) is 0 Å². The Bertz CT molecular complexity index is 868. The number of nitrogens with zero attached hydrogens (tertiary/aromatic N) is 2. The van der Waals surface area contributed by atoms with Crippen molar-refractivity contribution in [3.63, 3.8) is 0 Å². The Morgan fingerprint density at radius 2 is 2.33 bits per heavy atom. The van der Waals surface area contributed by atoms with Gasteiger partial charge in [0.2, 0.25) is 5.91 Å². The highest BCUT2D eigenvalue weighted by Gasteiger charge is 2.20. The van der Waals surface area contributed by atoms with E-state index in [1.807, 2.05) is 5.38 Å². The number of nitrogens with one attached hydrogen (secondary N) is 1. The molecular formula is C19H23N3O4S. The molecule has 0 aliphatic carbocycles. The third-order valence-electron chi connectivity index (χ3n) is 4.45. The van der Waals surface area contributed by atoms with Crippen molar-refractivity contribution in [1.29, 1.82) is 0 Å². The molecule has 1 aromatic heterocycles. The van der Waals surface area contributed by atoms with Gasteiger partial charge >= 0.3 is 0 Å². The fourth-order valence-corrected chi connectivity index (χ4v) is 3.65. The van der Waals surface area contributed by atoms with E-state index in [1.165, 1.54) is 11.3 Å². The van der Waals surface area contributed by atoms with Gasteiger partial charge in [0.1, 0.15) is 11.8 Å². The van der Waals surface area contributed by atoms with Crippen molar-refractivity contribution < 1.29 is 19.1 Å². The van der Waals surface area contributed by atoms with Gasteiger partial charge in [0, 0.05) is 30.3 Å². The molecular weight excluding hydrogens is 366 g/mol. The summed E-state index contributed by atoms with van der Waals surface area (Å²) in [5.41, 5.74) is 0.435. The maximum absolute atomic E-state index is 12.5. The summed E-state index contributed by atoms with van der Waals surface area (Å²) < 4.78 is 12.4. The number of methoxy groups -OCH3 is 1. The van der Waals surface area contributed by atoms with Crippen LogP contribution >= 0.6 is 11.3 Å². The lowest BCUT2D eigenvalue weighted by molar-refractivity contribution is -0.124. The van der Waals surface area contributed by atoms with Gasteiger partial charge in [-0.15, -0.1) is 11.3 Å². The van der Waals surface area contributed by atoms with E-state index in [9.17, 15) is 9.59 Å². The number of hydrogen-bond acceptors (Lipinski definition) is 5. The van der Waals surface area contributed by atoms with Crippen LogP contribution in [-0.2, 0) is 9.53 Å². The minimum atomic E-state index is -0.477. The molecule has 8 heteroatoms. The quantitative estimate of drug-likeness (QED) is 0.821.